The molecule has 1 heterocycles. The maximum Gasteiger partial charge on any atom is 0.310 e. The maximum absolute atomic E-state index is 11.7. The van der Waals surface area contributed by atoms with E-state index in [2.05, 4.69) is 13.2 Å². The maximum atomic E-state index is 11.7. The van der Waals surface area contributed by atoms with E-state index in [1.54, 1.807) is 13.0 Å². The second-order valence-electron chi connectivity index (χ2n) is 8.44. The normalized spacial score (nSPS) is 22.6. The van der Waals surface area contributed by atoms with Crippen molar-refractivity contribution in [2.75, 3.05) is 6.61 Å². The first-order valence-electron chi connectivity index (χ1n) is 11.2. The Kier molecular flexibility index (Phi) is 10.4. The summed E-state index contributed by atoms with van der Waals surface area (Å²) in [7, 11) is 0. The van der Waals surface area contributed by atoms with Crippen LogP contribution in [-0.4, -0.2) is 35.0 Å². The minimum Gasteiger partial charge on any atom is -0.462 e. The number of ether oxygens (including phenoxy) is 1. The first kappa shape index (κ1) is 25.6. The highest BCUT2D eigenvalue weighted by atomic mass is 16.6. The van der Waals surface area contributed by atoms with E-state index < -0.39 is 6.10 Å². The van der Waals surface area contributed by atoms with Gasteiger partial charge in [-0.2, -0.15) is 0 Å². The van der Waals surface area contributed by atoms with Crippen molar-refractivity contribution < 1.29 is 19.7 Å². The van der Waals surface area contributed by atoms with Gasteiger partial charge < -0.3 is 14.9 Å². The molecule has 6 atom stereocenters. The van der Waals surface area contributed by atoms with Gasteiger partial charge in [-0.25, -0.2) is 0 Å². The van der Waals surface area contributed by atoms with E-state index in [9.17, 15) is 15.0 Å². The highest BCUT2D eigenvalue weighted by molar-refractivity contribution is 5.76. The fraction of sp³-hybridized carbons (Fsp3) is 0.393. The molecule has 2 aromatic rings. The van der Waals surface area contributed by atoms with E-state index in [0.717, 1.165) is 12.8 Å². The summed E-state index contributed by atoms with van der Waals surface area (Å²) in [6, 6.07) is 20.0. The van der Waals surface area contributed by atoms with Crippen LogP contribution in [0.15, 0.2) is 86.0 Å². The average Bonchev–Trinajstić information content (AvgIpc) is 3.07. The number of hydrogen-bond donors (Lipinski definition) is 2. The summed E-state index contributed by atoms with van der Waals surface area (Å²) in [5.41, 5.74) is 2.35. The lowest BCUT2D eigenvalue weighted by atomic mass is 9.84. The highest BCUT2D eigenvalue weighted by Gasteiger charge is 2.40. The summed E-state index contributed by atoms with van der Waals surface area (Å²) in [6.07, 6.45) is 4.55. The van der Waals surface area contributed by atoms with Gasteiger partial charge in [0.15, 0.2) is 0 Å². The molecular weight excluding hydrogens is 400 g/mol. The number of esters is 1. The third kappa shape index (κ3) is 7.18. The zero-order valence-corrected chi connectivity index (χ0v) is 19.1. The summed E-state index contributed by atoms with van der Waals surface area (Å²) >= 11 is 0. The van der Waals surface area contributed by atoms with Crippen LogP contribution in [0, 0.1) is 23.7 Å². The first-order valence-corrected chi connectivity index (χ1v) is 11.2. The number of carbonyl (C=O) groups excluding carboxylic acids is 1. The van der Waals surface area contributed by atoms with Crippen molar-refractivity contribution in [1.82, 2.24) is 0 Å². The van der Waals surface area contributed by atoms with E-state index in [0.29, 0.717) is 0 Å². The molecule has 0 aliphatic carbocycles. The van der Waals surface area contributed by atoms with Crippen molar-refractivity contribution in [1.29, 1.82) is 0 Å². The van der Waals surface area contributed by atoms with Gasteiger partial charge in [0.25, 0.3) is 0 Å². The Morgan fingerprint density at radius 1 is 1.03 bits per heavy atom. The molecular formula is C28H36O4. The van der Waals surface area contributed by atoms with E-state index in [1.807, 2.05) is 73.7 Å². The largest absolute Gasteiger partial charge is 0.462 e. The second kappa shape index (κ2) is 13.0. The van der Waals surface area contributed by atoms with Gasteiger partial charge in [0.05, 0.1) is 12.0 Å². The summed E-state index contributed by atoms with van der Waals surface area (Å²) in [5, 5.41) is 19.0. The number of cyclic esters (lactones) is 1. The van der Waals surface area contributed by atoms with Crippen molar-refractivity contribution in [2.45, 2.75) is 38.9 Å². The predicted octanol–water partition coefficient (Wildman–Crippen LogP) is 4.61. The molecule has 0 saturated carbocycles. The summed E-state index contributed by atoms with van der Waals surface area (Å²) < 4.78 is 5.24. The van der Waals surface area contributed by atoms with Crippen molar-refractivity contribution in [2.24, 2.45) is 23.7 Å². The molecule has 1 fully saturated rings. The van der Waals surface area contributed by atoms with Crippen LogP contribution in [0.2, 0.25) is 0 Å². The number of aliphatic hydroxyl groups is 2. The minimum atomic E-state index is -0.474. The number of aliphatic hydroxyl groups excluding tert-OH is 2. The number of carbonyl (C=O) groups is 1. The van der Waals surface area contributed by atoms with Gasteiger partial charge in [-0.05, 0) is 43.7 Å². The average molecular weight is 437 g/mol. The summed E-state index contributed by atoms with van der Waals surface area (Å²) in [6.45, 7) is 11.2. The van der Waals surface area contributed by atoms with E-state index >= 15 is 0 Å². The Balaban J connectivity index is 0.000000227. The Morgan fingerprint density at radius 3 is 2.06 bits per heavy atom. The monoisotopic (exact) mass is 436 g/mol. The van der Waals surface area contributed by atoms with Crippen LogP contribution in [0.4, 0.5) is 0 Å². The van der Waals surface area contributed by atoms with Crippen molar-refractivity contribution in [3.8, 4) is 0 Å². The fourth-order valence-electron chi connectivity index (χ4n) is 4.30. The van der Waals surface area contributed by atoms with Gasteiger partial charge in [0.1, 0.15) is 6.10 Å². The Bertz CT molecular complexity index is 831. The van der Waals surface area contributed by atoms with Crippen LogP contribution in [0.3, 0.4) is 0 Å². The lowest BCUT2D eigenvalue weighted by Gasteiger charge is -2.25. The topological polar surface area (TPSA) is 66.8 Å². The lowest BCUT2D eigenvalue weighted by Crippen LogP contribution is -2.28. The fourth-order valence-corrected chi connectivity index (χ4v) is 4.30. The zero-order valence-electron chi connectivity index (χ0n) is 19.1. The van der Waals surface area contributed by atoms with Gasteiger partial charge in [0.2, 0.25) is 0 Å². The van der Waals surface area contributed by atoms with Crippen LogP contribution >= 0.6 is 0 Å². The van der Waals surface area contributed by atoms with Crippen LogP contribution in [-0.2, 0) is 22.4 Å². The quantitative estimate of drug-likeness (QED) is 0.445. The first-order chi connectivity index (χ1) is 15.4. The molecule has 32 heavy (non-hydrogen) atoms. The minimum absolute atomic E-state index is 0.0277. The molecule has 0 spiro atoms. The molecule has 4 heteroatoms. The molecule has 0 bridgehead atoms. The molecule has 4 nitrogen and oxygen atoms in total. The zero-order chi connectivity index (χ0) is 23.5. The van der Waals surface area contributed by atoms with Gasteiger partial charge in [-0.3, -0.25) is 4.79 Å². The predicted molar refractivity (Wildman–Crippen MR) is 129 cm³/mol. The van der Waals surface area contributed by atoms with Gasteiger partial charge in [-0.15, -0.1) is 13.2 Å². The lowest BCUT2D eigenvalue weighted by molar-refractivity contribution is -0.143. The van der Waals surface area contributed by atoms with Gasteiger partial charge in [-0.1, -0.05) is 72.8 Å². The molecule has 1 aliphatic rings. The van der Waals surface area contributed by atoms with Crippen molar-refractivity contribution in [3.63, 3.8) is 0 Å². The standard InChI is InChI=1S/C14H16O2.C14H20O2/c1-3-12-10(2)16-14(15)13(12)9-11-7-5-4-6-8-11;1-3-14(11(2)16)13(10-15)9-12-7-5-4-6-8-12/h3-8,10,12-13H,1,9H2,2H3;3-8,11,13-16H,1,9-10H2,2H3/t10-,12-,13+;11-,13-,14-/m00/s1. The Morgan fingerprint density at radius 2 is 1.59 bits per heavy atom. The second-order valence-corrected chi connectivity index (χ2v) is 8.44. The highest BCUT2D eigenvalue weighted by Crippen LogP contribution is 2.31. The smallest absolute Gasteiger partial charge is 0.310 e. The summed E-state index contributed by atoms with van der Waals surface area (Å²) in [5.74, 6) is -0.0750. The van der Waals surface area contributed by atoms with E-state index in [-0.39, 0.29) is 42.4 Å². The Labute approximate surface area is 192 Å². The molecule has 0 aromatic heterocycles. The Hall–Kier alpha value is -2.69. The molecule has 1 saturated heterocycles. The molecule has 2 N–H and O–H groups in total. The third-order valence-electron chi connectivity index (χ3n) is 6.13. The van der Waals surface area contributed by atoms with Gasteiger partial charge >= 0.3 is 5.97 Å². The molecule has 172 valence electrons. The molecule has 3 rings (SSSR count). The molecule has 0 radical (unpaired) electrons. The van der Waals surface area contributed by atoms with Crippen LogP contribution in [0.1, 0.15) is 25.0 Å². The van der Waals surface area contributed by atoms with Crippen molar-refractivity contribution in [3.05, 3.63) is 97.1 Å². The molecule has 0 unspecified atom stereocenters. The SMILES string of the molecule is C=C[C@H]([C@H](CO)Cc1ccccc1)[C@H](C)O.C=C[C@H]1[C@H](C)OC(=O)[C@@H]1Cc1ccccc1. The number of benzene rings is 2. The van der Waals surface area contributed by atoms with E-state index in [1.165, 1.54) is 11.1 Å². The van der Waals surface area contributed by atoms with E-state index in [4.69, 9.17) is 4.74 Å². The third-order valence-corrected chi connectivity index (χ3v) is 6.13. The number of rotatable bonds is 9. The summed E-state index contributed by atoms with van der Waals surface area (Å²) in [4.78, 5) is 11.7. The molecule has 0 amide bonds. The molecule has 1 aliphatic heterocycles. The number of hydrogen-bond acceptors (Lipinski definition) is 4. The van der Waals surface area contributed by atoms with Crippen molar-refractivity contribution >= 4 is 5.97 Å². The van der Waals surface area contributed by atoms with Gasteiger partial charge in [0, 0.05) is 18.4 Å². The van der Waals surface area contributed by atoms with Crippen LogP contribution in [0.25, 0.3) is 0 Å². The van der Waals surface area contributed by atoms with Crippen LogP contribution < -0.4 is 0 Å². The van der Waals surface area contributed by atoms with Crippen LogP contribution in [0.5, 0.6) is 0 Å². The molecule has 2 aromatic carbocycles.